The molecule has 3 heterocycles. The number of fused-ring (bicyclic) bond motifs is 2. The summed E-state index contributed by atoms with van der Waals surface area (Å²) in [4.78, 5) is 26.1. The van der Waals surface area contributed by atoms with Crippen molar-refractivity contribution in [3.8, 4) is 0 Å². The number of nitrogens with zero attached hydrogens (tertiary/aromatic N) is 6. The Morgan fingerprint density at radius 3 is 2.59 bits per heavy atom. The lowest BCUT2D eigenvalue weighted by Gasteiger charge is -2.37. The van der Waals surface area contributed by atoms with Crippen molar-refractivity contribution in [2.45, 2.75) is 25.7 Å². The van der Waals surface area contributed by atoms with Gasteiger partial charge in [-0.25, -0.2) is 4.98 Å². The number of carbonyl (C=O) groups is 1. The van der Waals surface area contributed by atoms with E-state index < -0.39 is 0 Å². The highest BCUT2D eigenvalue weighted by Gasteiger charge is 2.28. The molecule has 0 bridgehead atoms. The van der Waals surface area contributed by atoms with Crippen molar-refractivity contribution < 1.29 is 4.79 Å². The van der Waals surface area contributed by atoms with Crippen molar-refractivity contribution in [1.82, 2.24) is 24.5 Å². The first kappa shape index (κ1) is 18.6. The lowest BCUT2D eigenvalue weighted by atomic mass is 9.96. The van der Waals surface area contributed by atoms with Crippen LogP contribution in [0.15, 0.2) is 24.5 Å². The molecule has 0 saturated carbocycles. The second kappa shape index (κ2) is 7.46. The Balaban J connectivity index is 1.39. The first-order chi connectivity index (χ1) is 14.1. The molecular formula is C20H20Cl2N6O. The van der Waals surface area contributed by atoms with E-state index in [4.69, 9.17) is 28.2 Å². The maximum absolute atomic E-state index is 12.9. The van der Waals surface area contributed by atoms with Crippen molar-refractivity contribution in [2.24, 2.45) is 0 Å². The van der Waals surface area contributed by atoms with E-state index in [0.29, 0.717) is 34.5 Å². The molecule has 0 unspecified atom stereocenters. The summed E-state index contributed by atoms with van der Waals surface area (Å²) in [5, 5.41) is 5.26. The van der Waals surface area contributed by atoms with Crippen LogP contribution in [0.1, 0.15) is 34.5 Å². The van der Waals surface area contributed by atoms with Crippen LogP contribution in [0.4, 0.5) is 5.82 Å². The molecule has 0 atom stereocenters. The van der Waals surface area contributed by atoms with Gasteiger partial charge in [-0.1, -0.05) is 23.2 Å². The minimum atomic E-state index is -0.0223. The molecule has 1 aliphatic heterocycles. The van der Waals surface area contributed by atoms with Crippen LogP contribution in [0, 0.1) is 0 Å². The number of rotatable bonds is 2. The van der Waals surface area contributed by atoms with Gasteiger partial charge in [0.2, 0.25) is 0 Å². The Labute approximate surface area is 178 Å². The Morgan fingerprint density at radius 2 is 1.79 bits per heavy atom. The van der Waals surface area contributed by atoms with Crippen molar-refractivity contribution in [2.75, 3.05) is 31.1 Å². The predicted molar refractivity (Wildman–Crippen MR) is 112 cm³/mol. The minimum absolute atomic E-state index is 0.0223. The van der Waals surface area contributed by atoms with E-state index in [1.165, 1.54) is 5.56 Å². The Morgan fingerprint density at radius 1 is 1.00 bits per heavy atom. The first-order valence-corrected chi connectivity index (χ1v) is 10.6. The third-order valence-electron chi connectivity index (χ3n) is 5.71. The molecule has 2 aliphatic rings. The molecular weight excluding hydrogens is 411 g/mol. The Hall–Kier alpha value is -2.38. The normalized spacial score (nSPS) is 16.9. The van der Waals surface area contributed by atoms with E-state index in [1.807, 2.05) is 9.42 Å². The number of amides is 1. The average Bonchev–Trinajstić information content (AvgIpc) is 3.21. The molecule has 0 radical (unpaired) electrons. The van der Waals surface area contributed by atoms with E-state index in [2.05, 4.69) is 15.0 Å². The zero-order valence-corrected chi connectivity index (χ0v) is 17.3. The SMILES string of the molecule is O=C(c1ccc(Cl)c(Cl)c1)N1CCN(c2c3c(nc4ncnn24)CCCC3)CC1. The van der Waals surface area contributed by atoms with Crippen molar-refractivity contribution in [3.63, 3.8) is 0 Å². The largest absolute Gasteiger partial charge is 0.353 e. The molecule has 9 heteroatoms. The van der Waals surface area contributed by atoms with Gasteiger partial charge < -0.3 is 9.80 Å². The zero-order chi connectivity index (χ0) is 20.0. The second-order valence-corrected chi connectivity index (χ2v) is 8.26. The molecule has 1 saturated heterocycles. The van der Waals surface area contributed by atoms with Gasteiger partial charge in [0.1, 0.15) is 12.1 Å². The van der Waals surface area contributed by atoms with Crippen LogP contribution < -0.4 is 4.90 Å². The van der Waals surface area contributed by atoms with Crippen LogP contribution in [-0.4, -0.2) is 56.6 Å². The summed E-state index contributed by atoms with van der Waals surface area (Å²) in [6.07, 6.45) is 5.88. The van der Waals surface area contributed by atoms with E-state index in [0.717, 1.165) is 50.3 Å². The van der Waals surface area contributed by atoms with Crippen LogP contribution in [0.25, 0.3) is 5.78 Å². The highest BCUT2D eigenvalue weighted by molar-refractivity contribution is 6.42. The van der Waals surface area contributed by atoms with Gasteiger partial charge in [0.15, 0.2) is 0 Å². The highest BCUT2D eigenvalue weighted by atomic mass is 35.5. The number of anilines is 1. The lowest BCUT2D eigenvalue weighted by Crippen LogP contribution is -2.49. The van der Waals surface area contributed by atoms with Gasteiger partial charge in [-0.2, -0.15) is 14.6 Å². The number of aromatic nitrogens is 4. The Kier molecular flexibility index (Phi) is 4.80. The van der Waals surface area contributed by atoms with Gasteiger partial charge in [0.05, 0.1) is 15.7 Å². The minimum Gasteiger partial charge on any atom is -0.353 e. The van der Waals surface area contributed by atoms with Gasteiger partial charge in [-0.15, -0.1) is 0 Å². The number of hydrogen-bond acceptors (Lipinski definition) is 5. The van der Waals surface area contributed by atoms with Gasteiger partial charge in [-0.05, 0) is 43.9 Å². The zero-order valence-electron chi connectivity index (χ0n) is 15.8. The molecule has 0 spiro atoms. The Bertz CT molecular complexity index is 1090. The number of aryl methyl sites for hydroxylation is 1. The number of carbonyl (C=O) groups excluding carboxylic acids is 1. The van der Waals surface area contributed by atoms with Crippen LogP contribution >= 0.6 is 23.2 Å². The summed E-state index contributed by atoms with van der Waals surface area (Å²) >= 11 is 12.1. The van der Waals surface area contributed by atoms with Crippen molar-refractivity contribution >= 4 is 40.7 Å². The summed E-state index contributed by atoms with van der Waals surface area (Å²) in [6, 6.07) is 5.02. The molecule has 1 aromatic carbocycles. The standard InChI is InChI=1S/C20H20Cl2N6O/c21-15-6-5-13(11-16(15)22)19(29)27-9-7-26(8-10-27)18-14-3-1-2-4-17(14)25-20-23-12-24-28(18)20/h5-6,11-12H,1-4,7-10H2. The van der Waals surface area contributed by atoms with E-state index >= 15 is 0 Å². The fourth-order valence-corrected chi connectivity index (χ4v) is 4.52. The van der Waals surface area contributed by atoms with E-state index in [1.54, 1.807) is 24.5 Å². The summed E-state index contributed by atoms with van der Waals surface area (Å²) in [6.45, 7) is 2.73. The second-order valence-electron chi connectivity index (χ2n) is 7.45. The number of hydrogen-bond donors (Lipinski definition) is 0. The van der Waals surface area contributed by atoms with Crippen LogP contribution in [0.3, 0.4) is 0 Å². The summed E-state index contributed by atoms with van der Waals surface area (Å²) in [5.41, 5.74) is 2.98. The average molecular weight is 431 g/mol. The van der Waals surface area contributed by atoms with Crippen molar-refractivity contribution in [3.05, 3.63) is 51.4 Å². The van der Waals surface area contributed by atoms with Gasteiger partial charge in [-0.3, -0.25) is 4.79 Å². The molecule has 1 amide bonds. The summed E-state index contributed by atoms with van der Waals surface area (Å²) in [7, 11) is 0. The fraction of sp³-hybridized carbons (Fsp3) is 0.400. The molecule has 1 aliphatic carbocycles. The smallest absolute Gasteiger partial charge is 0.254 e. The first-order valence-electron chi connectivity index (χ1n) is 9.82. The van der Waals surface area contributed by atoms with E-state index in [9.17, 15) is 4.79 Å². The molecule has 0 N–H and O–H groups in total. The molecule has 7 nitrogen and oxygen atoms in total. The van der Waals surface area contributed by atoms with Crippen molar-refractivity contribution in [1.29, 1.82) is 0 Å². The van der Waals surface area contributed by atoms with E-state index in [-0.39, 0.29) is 5.91 Å². The monoisotopic (exact) mass is 430 g/mol. The molecule has 2 aromatic heterocycles. The lowest BCUT2D eigenvalue weighted by molar-refractivity contribution is 0.0746. The number of piperazine rings is 1. The molecule has 150 valence electrons. The fourth-order valence-electron chi connectivity index (χ4n) is 4.22. The number of halogens is 2. The maximum Gasteiger partial charge on any atom is 0.254 e. The predicted octanol–water partition coefficient (Wildman–Crippen LogP) is 3.27. The summed E-state index contributed by atoms with van der Waals surface area (Å²) < 4.78 is 1.85. The third-order valence-corrected chi connectivity index (χ3v) is 6.45. The molecule has 3 aromatic rings. The van der Waals surface area contributed by atoms with Crippen LogP contribution in [0.5, 0.6) is 0 Å². The number of benzene rings is 1. The van der Waals surface area contributed by atoms with Gasteiger partial charge in [0.25, 0.3) is 11.7 Å². The van der Waals surface area contributed by atoms with Gasteiger partial charge >= 0.3 is 0 Å². The summed E-state index contributed by atoms with van der Waals surface area (Å²) in [5.74, 6) is 1.71. The molecule has 5 rings (SSSR count). The quantitative estimate of drug-likeness (QED) is 0.623. The van der Waals surface area contributed by atoms with Gasteiger partial charge in [0, 0.05) is 37.3 Å². The maximum atomic E-state index is 12.9. The van der Waals surface area contributed by atoms with Crippen LogP contribution in [0.2, 0.25) is 10.0 Å². The topological polar surface area (TPSA) is 66.6 Å². The van der Waals surface area contributed by atoms with Crippen LogP contribution in [-0.2, 0) is 12.8 Å². The molecule has 1 fully saturated rings. The third kappa shape index (κ3) is 3.32. The highest BCUT2D eigenvalue weighted by Crippen LogP contribution is 2.30. The molecule has 29 heavy (non-hydrogen) atoms.